The van der Waals surface area contributed by atoms with Crippen LogP contribution in [0.1, 0.15) is 10.4 Å². The van der Waals surface area contributed by atoms with Gasteiger partial charge >= 0.3 is 5.97 Å². The number of carbonyl (C=O) groups excluding carboxylic acids is 2. The highest BCUT2D eigenvalue weighted by atomic mass is 32.1. The minimum Gasteiger partial charge on any atom is -0.486 e. The Morgan fingerprint density at radius 3 is 2.59 bits per heavy atom. The average Bonchev–Trinajstić information content (AvgIpc) is 3.01. The number of esters is 1. The van der Waals surface area contributed by atoms with Crippen molar-refractivity contribution in [2.75, 3.05) is 20.3 Å². The topological polar surface area (TPSA) is 79.1 Å². The lowest BCUT2D eigenvalue weighted by Crippen LogP contribution is -2.22. The van der Waals surface area contributed by atoms with E-state index in [9.17, 15) is 18.4 Å². The number of ether oxygens (including phenoxy) is 3. The molecule has 2 aromatic carbocycles. The number of aromatic nitrogens is 1. The Hall–Kier alpha value is -3.27. The number of rotatable bonds is 3. The van der Waals surface area contributed by atoms with Crippen LogP contribution in [0.5, 0.6) is 11.5 Å². The van der Waals surface area contributed by atoms with E-state index in [1.54, 1.807) is 12.1 Å². The molecule has 0 spiro atoms. The summed E-state index contributed by atoms with van der Waals surface area (Å²) in [5.41, 5.74) is 0.204. The second kappa shape index (κ2) is 7.63. The van der Waals surface area contributed by atoms with Crippen LogP contribution < -0.4 is 14.3 Å². The number of nitrogens with zero attached hydrogens (tertiary/aromatic N) is 2. The van der Waals surface area contributed by atoms with Crippen molar-refractivity contribution in [3.05, 3.63) is 52.3 Å². The summed E-state index contributed by atoms with van der Waals surface area (Å²) in [4.78, 5) is 28.5. The van der Waals surface area contributed by atoms with Gasteiger partial charge < -0.3 is 18.8 Å². The highest BCUT2D eigenvalue weighted by Gasteiger charge is 2.19. The number of halogens is 2. The van der Waals surface area contributed by atoms with Gasteiger partial charge in [-0.25, -0.2) is 8.78 Å². The van der Waals surface area contributed by atoms with Crippen LogP contribution in [0.25, 0.3) is 10.2 Å². The van der Waals surface area contributed by atoms with E-state index in [4.69, 9.17) is 14.2 Å². The molecule has 4 rings (SSSR count). The van der Waals surface area contributed by atoms with Crippen LogP contribution in [0.4, 0.5) is 8.78 Å². The number of carbonyl (C=O) groups is 2. The second-order valence-corrected chi connectivity index (χ2v) is 7.06. The van der Waals surface area contributed by atoms with Gasteiger partial charge in [-0.05, 0) is 12.1 Å². The summed E-state index contributed by atoms with van der Waals surface area (Å²) in [5.74, 6) is -2.23. The summed E-state index contributed by atoms with van der Waals surface area (Å²) in [6.45, 7) is 0.582. The van der Waals surface area contributed by atoms with Gasteiger partial charge in [0.25, 0.3) is 5.91 Å². The molecule has 0 saturated carbocycles. The van der Waals surface area contributed by atoms with Gasteiger partial charge in [-0.3, -0.25) is 9.59 Å². The summed E-state index contributed by atoms with van der Waals surface area (Å²) in [7, 11) is 1.24. The molecule has 1 amide bonds. The maximum atomic E-state index is 13.9. The fourth-order valence-corrected chi connectivity index (χ4v) is 3.89. The Morgan fingerprint density at radius 2 is 1.90 bits per heavy atom. The summed E-state index contributed by atoms with van der Waals surface area (Å²) < 4.78 is 45.1. The van der Waals surface area contributed by atoms with Crippen molar-refractivity contribution >= 4 is 33.4 Å². The van der Waals surface area contributed by atoms with E-state index >= 15 is 0 Å². The monoisotopic (exact) mass is 420 g/mol. The molecule has 29 heavy (non-hydrogen) atoms. The molecule has 1 aromatic heterocycles. The Morgan fingerprint density at radius 1 is 1.17 bits per heavy atom. The first-order chi connectivity index (χ1) is 14.0. The molecule has 0 bridgehead atoms. The van der Waals surface area contributed by atoms with Gasteiger partial charge in [0.05, 0.1) is 22.9 Å². The van der Waals surface area contributed by atoms with Crippen LogP contribution in [0.3, 0.4) is 0 Å². The van der Waals surface area contributed by atoms with Crippen molar-refractivity contribution in [2.45, 2.75) is 6.54 Å². The highest BCUT2D eigenvalue weighted by Crippen LogP contribution is 2.35. The zero-order valence-corrected chi connectivity index (χ0v) is 15.9. The van der Waals surface area contributed by atoms with Crippen LogP contribution in [-0.2, 0) is 16.1 Å². The minimum absolute atomic E-state index is 0.154. The lowest BCUT2D eigenvalue weighted by Gasteiger charge is -2.18. The van der Waals surface area contributed by atoms with Gasteiger partial charge in [-0.1, -0.05) is 11.3 Å². The van der Waals surface area contributed by atoms with Crippen LogP contribution in [0.15, 0.2) is 35.3 Å². The van der Waals surface area contributed by atoms with Gasteiger partial charge in [0, 0.05) is 18.2 Å². The van der Waals surface area contributed by atoms with Crippen LogP contribution in [0.2, 0.25) is 0 Å². The molecule has 1 aliphatic rings. The van der Waals surface area contributed by atoms with E-state index in [1.165, 1.54) is 11.7 Å². The number of fused-ring (bicyclic) bond motifs is 2. The van der Waals surface area contributed by atoms with Crippen molar-refractivity contribution in [1.29, 1.82) is 0 Å². The predicted molar refractivity (Wildman–Crippen MR) is 99.1 cm³/mol. The van der Waals surface area contributed by atoms with Gasteiger partial charge in [0.2, 0.25) is 0 Å². The Kier molecular flexibility index (Phi) is 5.01. The number of amides is 1. The molecule has 0 N–H and O–H groups in total. The first-order valence-electron chi connectivity index (χ1n) is 8.50. The molecule has 1 aliphatic heterocycles. The van der Waals surface area contributed by atoms with Crippen LogP contribution in [0, 0.1) is 11.6 Å². The summed E-state index contributed by atoms with van der Waals surface area (Å²) in [6, 6.07) is 6.02. The fourth-order valence-electron chi connectivity index (χ4n) is 2.85. The minimum atomic E-state index is -1.02. The van der Waals surface area contributed by atoms with Crippen molar-refractivity contribution in [1.82, 2.24) is 4.57 Å². The zero-order chi connectivity index (χ0) is 20.5. The smallest absolute Gasteiger partial charge is 0.325 e. The molecule has 10 heteroatoms. The molecular weight excluding hydrogens is 406 g/mol. The third-order valence-corrected chi connectivity index (χ3v) is 5.26. The SMILES string of the molecule is COC(=O)Cn1c(=NC(=O)c2ccc(F)cc2F)sc2cc3c(cc21)OCCO3. The summed E-state index contributed by atoms with van der Waals surface area (Å²) in [5, 5.41) is 0. The standard InChI is InChI=1S/C19H14F2N2O5S/c1-26-17(24)9-23-13-7-14-15(28-5-4-27-14)8-16(13)29-19(23)22-18(25)11-3-2-10(20)6-12(11)21/h2-3,6-8H,4-5,9H2,1H3. The number of methoxy groups -OCH3 is 1. The van der Waals surface area contributed by atoms with E-state index in [-0.39, 0.29) is 16.9 Å². The molecular formula is C19H14F2N2O5S. The third kappa shape index (κ3) is 3.70. The number of benzene rings is 2. The highest BCUT2D eigenvalue weighted by molar-refractivity contribution is 7.16. The molecule has 0 atom stereocenters. The van der Waals surface area contributed by atoms with E-state index in [1.807, 2.05) is 0 Å². The molecule has 150 valence electrons. The molecule has 7 nitrogen and oxygen atoms in total. The summed E-state index contributed by atoms with van der Waals surface area (Å²) in [6.07, 6.45) is 0. The lowest BCUT2D eigenvalue weighted by atomic mass is 10.2. The predicted octanol–water partition coefficient (Wildman–Crippen LogP) is 2.67. The number of hydrogen-bond acceptors (Lipinski definition) is 6. The van der Waals surface area contributed by atoms with E-state index in [0.717, 1.165) is 23.5 Å². The first-order valence-corrected chi connectivity index (χ1v) is 9.32. The van der Waals surface area contributed by atoms with Crippen molar-refractivity contribution < 1.29 is 32.6 Å². The fraction of sp³-hybridized carbons (Fsp3) is 0.211. The van der Waals surface area contributed by atoms with E-state index in [0.29, 0.717) is 41.0 Å². The van der Waals surface area contributed by atoms with Crippen LogP contribution >= 0.6 is 11.3 Å². The second-order valence-electron chi connectivity index (χ2n) is 6.05. The van der Waals surface area contributed by atoms with Gasteiger partial charge in [0.1, 0.15) is 31.4 Å². The molecule has 0 radical (unpaired) electrons. The first kappa shape index (κ1) is 19.1. The molecule has 0 unspecified atom stereocenters. The molecule has 0 aliphatic carbocycles. The summed E-state index contributed by atoms with van der Waals surface area (Å²) >= 11 is 1.12. The number of thiazole rings is 1. The van der Waals surface area contributed by atoms with Gasteiger partial charge in [-0.15, -0.1) is 0 Å². The lowest BCUT2D eigenvalue weighted by molar-refractivity contribution is -0.141. The zero-order valence-electron chi connectivity index (χ0n) is 15.1. The van der Waals surface area contributed by atoms with Gasteiger partial charge in [0.15, 0.2) is 16.3 Å². The molecule has 0 saturated heterocycles. The molecule has 3 aromatic rings. The normalized spacial score (nSPS) is 13.6. The van der Waals surface area contributed by atoms with E-state index < -0.39 is 23.5 Å². The van der Waals surface area contributed by atoms with Crippen LogP contribution in [-0.4, -0.2) is 36.8 Å². The quantitative estimate of drug-likeness (QED) is 0.609. The van der Waals surface area contributed by atoms with Crippen molar-refractivity contribution in [3.8, 4) is 11.5 Å². The molecule has 0 fully saturated rings. The molecule has 2 heterocycles. The Bertz CT molecular complexity index is 1200. The maximum absolute atomic E-state index is 13.9. The van der Waals surface area contributed by atoms with Gasteiger partial charge in [-0.2, -0.15) is 4.99 Å². The van der Waals surface area contributed by atoms with E-state index in [2.05, 4.69) is 4.99 Å². The largest absolute Gasteiger partial charge is 0.486 e. The Labute approximate surface area is 166 Å². The number of hydrogen-bond donors (Lipinski definition) is 0. The van der Waals surface area contributed by atoms with Crippen molar-refractivity contribution in [3.63, 3.8) is 0 Å². The maximum Gasteiger partial charge on any atom is 0.325 e. The third-order valence-electron chi connectivity index (χ3n) is 4.22. The van der Waals surface area contributed by atoms with Crippen molar-refractivity contribution in [2.24, 2.45) is 4.99 Å². The average molecular weight is 420 g/mol. The Balaban J connectivity index is 1.87.